The number of carboxylic acids is 1. The molecule has 2 spiro atoms. The second-order valence-electron chi connectivity index (χ2n) is 18.5. The number of carboxylic acid groups (broad SMARTS) is 1. The van der Waals surface area contributed by atoms with Gasteiger partial charge in [-0.2, -0.15) is 0 Å². The fourth-order valence-electron chi connectivity index (χ4n) is 10.8. The van der Waals surface area contributed by atoms with E-state index in [2.05, 4.69) is 20.8 Å². The van der Waals surface area contributed by atoms with Crippen LogP contribution in [0.4, 0.5) is 0 Å². The third-order valence-corrected chi connectivity index (χ3v) is 14.7. The predicted octanol–water partition coefficient (Wildman–Crippen LogP) is 6.76. The van der Waals surface area contributed by atoms with E-state index in [1.54, 1.807) is 6.92 Å². The first kappa shape index (κ1) is 45.2. The second-order valence-corrected chi connectivity index (χ2v) is 18.5. The number of carbonyl (C=O) groups excluding carboxylic acids is 2. The number of aliphatic hydroxyl groups is 2. The van der Waals surface area contributed by atoms with Gasteiger partial charge < -0.3 is 43.7 Å². The average molecular weight is 793 g/mol. The molecule has 4 fully saturated rings. The van der Waals surface area contributed by atoms with Gasteiger partial charge in [-0.15, -0.1) is 0 Å². The molecule has 18 atom stereocenters. The molecule has 320 valence electrons. The lowest BCUT2D eigenvalue weighted by atomic mass is 9.72. The maximum Gasteiger partial charge on any atom is 0.309 e. The van der Waals surface area contributed by atoms with Crippen molar-refractivity contribution in [1.29, 1.82) is 0 Å². The summed E-state index contributed by atoms with van der Waals surface area (Å²) in [6.07, 6.45) is 5.50. The standard InChI is InChI=1S/C44H72O12/c1-12-31(40(48)49)33-16-15-24(4)38(53-33)28(8)36(46)27(7)37(47)32(13-2)39-25(5)23-26(6)43(54-39)20-18-35(52-30(10)45)44(56-43)22-21-41(11,55-44)34-17-19-42(50,14-3)29(9)51-34/h18,20,24-29,31-36,38-39,46,50H,12-17,19,21-23H2,1-11H3,(H,48,49)/t24-,25-,26+,27-,28-,29-,31+,32-,33?,34+,35-,36+,38+,39?,41-,42+,43-,44-/m0/s1. The Morgan fingerprint density at radius 2 is 1.57 bits per heavy atom. The fraction of sp³-hybridized carbons (Fsp3) is 0.886. The minimum Gasteiger partial charge on any atom is -0.481 e. The predicted molar refractivity (Wildman–Crippen MR) is 208 cm³/mol. The number of carbonyl (C=O) groups is 3. The lowest BCUT2D eigenvalue weighted by Crippen LogP contribution is -2.63. The summed E-state index contributed by atoms with van der Waals surface area (Å²) in [5.74, 6) is -6.48. The van der Waals surface area contributed by atoms with Gasteiger partial charge in [-0.25, -0.2) is 0 Å². The zero-order chi connectivity index (χ0) is 41.5. The van der Waals surface area contributed by atoms with Crippen LogP contribution in [0.1, 0.15) is 140 Å². The molecule has 12 nitrogen and oxygen atoms in total. The maximum atomic E-state index is 14.5. The van der Waals surface area contributed by atoms with Crippen LogP contribution in [0.15, 0.2) is 12.2 Å². The third-order valence-electron chi connectivity index (χ3n) is 14.7. The van der Waals surface area contributed by atoms with E-state index in [-0.39, 0.29) is 41.8 Å². The summed E-state index contributed by atoms with van der Waals surface area (Å²) in [6.45, 7) is 20.9. The monoisotopic (exact) mass is 793 g/mol. The summed E-state index contributed by atoms with van der Waals surface area (Å²) in [4.78, 5) is 38.9. The molecule has 5 rings (SSSR count). The van der Waals surface area contributed by atoms with Crippen molar-refractivity contribution in [3.63, 3.8) is 0 Å². The molecule has 3 N–H and O–H groups in total. The van der Waals surface area contributed by atoms with Crippen LogP contribution in [0, 0.1) is 41.4 Å². The zero-order valence-corrected chi connectivity index (χ0v) is 35.8. The molecule has 0 radical (unpaired) electrons. The number of Topliss-reactive ketones (excluding diaryl/α,β-unsaturated/α-hetero) is 1. The molecule has 5 aliphatic heterocycles. The molecule has 0 aromatic heterocycles. The van der Waals surface area contributed by atoms with Crippen LogP contribution in [0.25, 0.3) is 0 Å². The van der Waals surface area contributed by atoms with Crippen LogP contribution in [0.3, 0.4) is 0 Å². The van der Waals surface area contributed by atoms with Crippen molar-refractivity contribution in [3.8, 4) is 0 Å². The topological polar surface area (TPSA) is 167 Å². The first-order chi connectivity index (χ1) is 26.2. The van der Waals surface area contributed by atoms with E-state index in [1.807, 2.05) is 53.7 Å². The smallest absolute Gasteiger partial charge is 0.309 e. The van der Waals surface area contributed by atoms with Gasteiger partial charge in [0.25, 0.3) is 0 Å². The van der Waals surface area contributed by atoms with E-state index in [0.29, 0.717) is 57.8 Å². The van der Waals surface area contributed by atoms with Gasteiger partial charge in [0.1, 0.15) is 5.78 Å². The molecule has 56 heavy (non-hydrogen) atoms. The Balaban J connectivity index is 1.36. The molecule has 0 aliphatic carbocycles. The number of ether oxygens (including phenoxy) is 6. The highest BCUT2D eigenvalue weighted by Gasteiger charge is 2.64. The van der Waals surface area contributed by atoms with Crippen molar-refractivity contribution in [3.05, 3.63) is 12.2 Å². The van der Waals surface area contributed by atoms with E-state index in [1.165, 1.54) is 6.92 Å². The lowest BCUT2D eigenvalue weighted by molar-refractivity contribution is -0.409. The number of aliphatic hydroxyl groups excluding tert-OH is 1. The van der Waals surface area contributed by atoms with Crippen molar-refractivity contribution in [1.82, 2.24) is 0 Å². The second kappa shape index (κ2) is 17.3. The summed E-state index contributed by atoms with van der Waals surface area (Å²) < 4.78 is 39.8. The van der Waals surface area contributed by atoms with Crippen LogP contribution in [-0.2, 0) is 42.8 Å². The largest absolute Gasteiger partial charge is 0.481 e. The fourth-order valence-corrected chi connectivity index (χ4v) is 10.8. The minimum absolute atomic E-state index is 0.0147. The maximum absolute atomic E-state index is 14.5. The third kappa shape index (κ3) is 8.54. The number of ketones is 1. The number of esters is 1. The molecule has 0 saturated carbocycles. The number of hydrogen-bond acceptors (Lipinski definition) is 11. The van der Waals surface area contributed by atoms with Gasteiger partial charge in [0.05, 0.1) is 53.7 Å². The Kier molecular flexibility index (Phi) is 14.0. The van der Waals surface area contributed by atoms with Gasteiger partial charge in [-0.05, 0) is 95.6 Å². The molecular formula is C44H72O12. The summed E-state index contributed by atoms with van der Waals surface area (Å²) >= 11 is 0. The van der Waals surface area contributed by atoms with Crippen LogP contribution >= 0.6 is 0 Å². The van der Waals surface area contributed by atoms with Crippen molar-refractivity contribution >= 4 is 17.7 Å². The highest BCUT2D eigenvalue weighted by atomic mass is 16.8. The van der Waals surface area contributed by atoms with Crippen molar-refractivity contribution in [2.75, 3.05) is 0 Å². The molecule has 12 heteroatoms. The average Bonchev–Trinajstić information content (AvgIpc) is 3.49. The summed E-state index contributed by atoms with van der Waals surface area (Å²) in [7, 11) is 0. The molecule has 5 aliphatic rings. The van der Waals surface area contributed by atoms with E-state index in [9.17, 15) is 29.7 Å². The van der Waals surface area contributed by atoms with E-state index in [4.69, 9.17) is 28.4 Å². The number of aliphatic carboxylic acids is 1. The van der Waals surface area contributed by atoms with Crippen molar-refractivity contribution in [2.45, 2.75) is 206 Å². The Morgan fingerprint density at radius 3 is 2.16 bits per heavy atom. The Labute approximate surface area is 334 Å². The summed E-state index contributed by atoms with van der Waals surface area (Å²) in [5, 5.41) is 32.7. The molecule has 2 unspecified atom stereocenters. The number of hydrogen-bond donors (Lipinski definition) is 3. The van der Waals surface area contributed by atoms with Gasteiger partial charge >= 0.3 is 11.9 Å². The highest BCUT2D eigenvalue weighted by Crippen LogP contribution is 2.54. The van der Waals surface area contributed by atoms with Gasteiger partial charge in [0, 0.05) is 37.0 Å². The first-order valence-electron chi connectivity index (χ1n) is 21.6. The Morgan fingerprint density at radius 1 is 0.893 bits per heavy atom. The first-order valence-corrected chi connectivity index (χ1v) is 21.6. The van der Waals surface area contributed by atoms with E-state index < -0.39 is 82.8 Å². The minimum atomic E-state index is -1.38. The Hall–Kier alpha value is -1.93. The van der Waals surface area contributed by atoms with Gasteiger partial charge in [0.2, 0.25) is 5.79 Å². The quantitative estimate of drug-likeness (QED) is 0.133. The lowest BCUT2D eigenvalue weighted by Gasteiger charge is -2.54. The van der Waals surface area contributed by atoms with Gasteiger partial charge in [-0.1, -0.05) is 55.4 Å². The molecule has 0 amide bonds. The van der Waals surface area contributed by atoms with Crippen molar-refractivity contribution < 1.29 is 58.1 Å². The van der Waals surface area contributed by atoms with Crippen molar-refractivity contribution in [2.24, 2.45) is 41.4 Å². The van der Waals surface area contributed by atoms with Crippen LogP contribution in [-0.4, -0.2) is 98.5 Å². The van der Waals surface area contributed by atoms with Gasteiger partial charge in [-0.3, -0.25) is 14.4 Å². The SMILES string of the molecule is CC[C@@H](C(=O)O)C1CC[C@H](C)[C@H]([C@@H](C)[C@H](O)[C@H](C)C(=O)[C@H](CC)C2O[C@]3(C=C[C@H](OC(C)=O)[C@]4(CC[C@@](C)([C@H]5CC[C@](O)(CC)[C@H](C)O5)O4)O3)[C@H](C)C[C@@H]2C)O1. The summed E-state index contributed by atoms with van der Waals surface area (Å²) in [5.41, 5.74) is -1.70. The van der Waals surface area contributed by atoms with Gasteiger partial charge in [0.15, 0.2) is 11.9 Å². The van der Waals surface area contributed by atoms with Crippen LogP contribution < -0.4 is 0 Å². The molecule has 5 heterocycles. The van der Waals surface area contributed by atoms with E-state index >= 15 is 0 Å². The zero-order valence-electron chi connectivity index (χ0n) is 35.8. The van der Waals surface area contributed by atoms with Crippen LogP contribution in [0.5, 0.6) is 0 Å². The molecule has 4 saturated heterocycles. The van der Waals surface area contributed by atoms with Crippen LogP contribution in [0.2, 0.25) is 0 Å². The molecule has 0 aromatic carbocycles. The normalized spacial score (nSPS) is 44.2. The Bertz CT molecular complexity index is 1440. The highest BCUT2D eigenvalue weighted by molar-refractivity contribution is 5.84. The molecule has 0 bridgehead atoms. The van der Waals surface area contributed by atoms with E-state index in [0.717, 1.165) is 6.42 Å². The molecular weight excluding hydrogens is 720 g/mol. The number of rotatable bonds is 13. The molecule has 0 aromatic rings. The summed E-state index contributed by atoms with van der Waals surface area (Å²) in [6, 6.07) is 0.